The van der Waals surface area contributed by atoms with Gasteiger partial charge in [-0.05, 0) is 31.0 Å². The van der Waals surface area contributed by atoms with Gasteiger partial charge >= 0.3 is 0 Å². The van der Waals surface area contributed by atoms with Gasteiger partial charge in [0.1, 0.15) is 29.0 Å². The second kappa shape index (κ2) is 6.54. The summed E-state index contributed by atoms with van der Waals surface area (Å²) >= 11 is 0. The van der Waals surface area contributed by atoms with Crippen molar-refractivity contribution in [3.05, 3.63) is 41.5 Å². The number of rotatable bonds is 5. The third-order valence-corrected chi connectivity index (χ3v) is 5.39. The summed E-state index contributed by atoms with van der Waals surface area (Å²) < 4.78 is 59.9. The minimum Gasteiger partial charge on any atom is -0.370 e. The molecular weight excluding hydrogens is 342 g/mol. The summed E-state index contributed by atoms with van der Waals surface area (Å²) in [6, 6.07) is 1.55. The summed E-state index contributed by atoms with van der Waals surface area (Å²) in [6.45, 7) is 1.83. The molecule has 1 aromatic carbocycles. The highest BCUT2D eigenvalue weighted by atomic mass is 32.2. The van der Waals surface area contributed by atoms with E-state index in [0.29, 0.717) is 24.9 Å². The molecule has 7 nitrogen and oxygen atoms in total. The van der Waals surface area contributed by atoms with Gasteiger partial charge in [-0.25, -0.2) is 26.9 Å². The van der Waals surface area contributed by atoms with Crippen LogP contribution in [0.4, 0.5) is 8.78 Å². The van der Waals surface area contributed by atoms with Crippen LogP contribution >= 0.6 is 0 Å². The minimum atomic E-state index is -4.18. The van der Waals surface area contributed by atoms with Gasteiger partial charge in [-0.1, -0.05) is 0 Å². The second-order valence-electron chi connectivity index (χ2n) is 5.59. The molecule has 2 heterocycles. The summed E-state index contributed by atoms with van der Waals surface area (Å²) in [5.74, 6) is -1.45. The molecule has 2 aromatic rings. The number of benzene rings is 1. The Morgan fingerprint density at radius 1 is 1.38 bits per heavy atom. The Morgan fingerprint density at radius 2 is 2.17 bits per heavy atom. The molecule has 0 radical (unpaired) electrons. The largest absolute Gasteiger partial charge is 0.370 e. The van der Waals surface area contributed by atoms with Crippen LogP contribution in [-0.4, -0.2) is 36.8 Å². The molecule has 1 aliphatic heterocycles. The first-order valence-electron chi connectivity index (χ1n) is 7.30. The molecule has 0 amide bonds. The summed E-state index contributed by atoms with van der Waals surface area (Å²) in [4.78, 5) is 3.30. The van der Waals surface area contributed by atoms with Crippen LogP contribution in [-0.2, 0) is 14.8 Å². The lowest BCUT2D eigenvalue weighted by molar-refractivity contribution is 0.0848. The van der Waals surface area contributed by atoms with E-state index >= 15 is 0 Å². The van der Waals surface area contributed by atoms with Gasteiger partial charge in [0.2, 0.25) is 10.0 Å². The average molecular weight is 358 g/mol. The van der Waals surface area contributed by atoms with Gasteiger partial charge in [-0.2, -0.15) is 5.10 Å². The topological polar surface area (TPSA) is 97.0 Å². The van der Waals surface area contributed by atoms with E-state index in [1.807, 2.05) is 0 Å². The van der Waals surface area contributed by atoms with E-state index in [-0.39, 0.29) is 18.0 Å². The summed E-state index contributed by atoms with van der Waals surface area (Å²) in [6.07, 6.45) is 1.52. The summed E-state index contributed by atoms with van der Waals surface area (Å²) in [7, 11) is -4.18. The van der Waals surface area contributed by atoms with Gasteiger partial charge in [0.05, 0.1) is 0 Å². The Kier molecular flexibility index (Phi) is 4.61. The molecule has 2 atom stereocenters. The number of hydrogen-bond acceptors (Lipinski definition) is 5. The number of ether oxygens (including phenoxy) is 1. The molecule has 1 aromatic heterocycles. The van der Waals surface area contributed by atoms with Gasteiger partial charge in [-0.15, -0.1) is 0 Å². The maximum absolute atomic E-state index is 13.9. The molecule has 2 N–H and O–H groups in total. The lowest BCUT2D eigenvalue weighted by atomic mass is 10.0. The predicted molar refractivity (Wildman–Crippen MR) is 79.5 cm³/mol. The van der Waals surface area contributed by atoms with Gasteiger partial charge in [-0.3, -0.25) is 5.10 Å². The van der Waals surface area contributed by atoms with Gasteiger partial charge in [0.15, 0.2) is 5.82 Å². The van der Waals surface area contributed by atoms with E-state index in [2.05, 4.69) is 19.9 Å². The number of sulfonamides is 1. The maximum Gasteiger partial charge on any atom is 0.243 e. The van der Waals surface area contributed by atoms with Crippen molar-refractivity contribution < 1.29 is 21.9 Å². The molecular formula is C14H16F2N4O3S. The molecule has 1 aliphatic rings. The monoisotopic (exact) mass is 358 g/mol. The summed E-state index contributed by atoms with van der Waals surface area (Å²) in [5, 5.41) is 6.43. The number of hydrogen-bond donors (Lipinski definition) is 2. The van der Waals surface area contributed by atoms with E-state index in [0.717, 1.165) is 6.07 Å². The standard InChI is InChI=1S/C14H16F2N4O3S/c1-8-4-11(16)12(5-10(8)15)24(21,22)19-6-9-2-3-23-13(9)14-17-7-18-20-14/h4-5,7,9,13,19H,2-3,6H2,1H3,(H,17,18,20)/t9-,13-/m0/s1. The van der Waals surface area contributed by atoms with Crippen LogP contribution in [0.1, 0.15) is 23.9 Å². The van der Waals surface area contributed by atoms with Crippen molar-refractivity contribution in [2.24, 2.45) is 5.92 Å². The Balaban J connectivity index is 1.75. The van der Waals surface area contributed by atoms with Crippen molar-refractivity contribution in [1.29, 1.82) is 0 Å². The molecule has 10 heteroatoms. The molecule has 1 fully saturated rings. The number of nitrogens with one attached hydrogen (secondary N) is 2. The van der Waals surface area contributed by atoms with Crippen LogP contribution in [0.2, 0.25) is 0 Å². The molecule has 3 rings (SSSR count). The highest BCUT2D eigenvalue weighted by Gasteiger charge is 2.33. The van der Waals surface area contributed by atoms with E-state index in [9.17, 15) is 17.2 Å². The second-order valence-corrected chi connectivity index (χ2v) is 7.33. The van der Waals surface area contributed by atoms with Crippen LogP contribution in [0.15, 0.2) is 23.4 Å². The molecule has 0 unspecified atom stereocenters. The zero-order valence-corrected chi connectivity index (χ0v) is 13.6. The number of halogens is 2. The normalized spacial score (nSPS) is 21.3. The van der Waals surface area contributed by atoms with Crippen molar-refractivity contribution in [2.75, 3.05) is 13.2 Å². The molecule has 1 saturated heterocycles. The third-order valence-electron chi connectivity index (χ3n) is 3.96. The lowest BCUT2D eigenvalue weighted by Crippen LogP contribution is -2.31. The number of aromatic amines is 1. The van der Waals surface area contributed by atoms with Crippen LogP contribution in [0.3, 0.4) is 0 Å². The smallest absolute Gasteiger partial charge is 0.243 e. The first-order chi connectivity index (χ1) is 11.4. The first kappa shape index (κ1) is 16.9. The fourth-order valence-electron chi connectivity index (χ4n) is 2.63. The Hall–Kier alpha value is -1.91. The third kappa shape index (κ3) is 3.30. The summed E-state index contributed by atoms with van der Waals surface area (Å²) in [5.41, 5.74) is 0.0426. The molecule has 0 saturated carbocycles. The van der Waals surface area contributed by atoms with E-state index in [1.54, 1.807) is 0 Å². The van der Waals surface area contributed by atoms with Crippen molar-refractivity contribution in [2.45, 2.75) is 24.3 Å². The minimum absolute atomic E-state index is 0.0165. The number of aromatic nitrogens is 3. The van der Waals surface area contributed by atoms with Crippen LogP contribution in [0.5, 0.6) is 0 Å². The van der Waals surface area contributed by atoms with Crippen LogP contribution < -0.4 is 4.72 Å². The van der Waals surface area contributed by atoms with Crippen molar-refractivity contribution in [3.63, 3.8) is 0 Å². The van der Waals surface area contributed by atoms with Gasteiger partial charge in [0.25, 0.3) is 0 Å². The fourth-order valence-corrected chi connectivity index (χ4v) is 3.79. The quantitative estimate of drug-likeness (QED) is 0.843. The van der Waals surface area contributed by atoms with Gasteiger partial charge < -0.3 is 4.74 Å². The SMILES string of the molecule is Cc1cc(F)c(S(=O)(=O)NC[C@@H]2CCO[C@@H]2c2ncn[nH]2)cc1F. The van der Waals surface area contributed by atoms with E-state index in [1.165, 1.54) is 13.3 Å². The predicted octanol–water partition coefficient (Wildman–Crippen LogP) is 1.45. The highest BCUT2D eigenvalue weighted by molar-refractivity contribution is 7.89. The Bertz CT molecular complexity index is 827. The zero-order valence-electron chi connectivity index (χ0n) is 12.8. The molecule has 24 heavy (non-hydrogen) atoms. The van der Waals surface area contributed by atoms with Crippen LogP contribution in [0, 0.1) is 24.5 Å². The van der Waals surface area contributed by atoms with Crippen molar-refractivity contribution >= 4 is 10.0 Å². The molecule has 0 aliphatic carbocycles. The first-order valence-corrected chi connectivity index (χ1v) is 8.79. The maximum atomic E-state index is 13.9. The average Bonchev–Trinajstić information content (AvgIpc) is 3.19. The molecule has 130 valence electrons. The number of H-pyrrole nitrogens is 1. The number of nitrogens with zero attached hydrogens (tertiary/aromatic N) is 2. The fraction of sp³-hybridized carbons (Fsp3) is 0.429. The van der Waals surface area contributed by atoms with Crippen molar-refractivity contribution in [3.8, 4) is 0 Å². The highest BCUT2D eigenvalue weighted by Crippen LogP contribution is 2.32. The molecule has 0 spiro atoms. The lowest BCUT2D eigenvalue weighted by Gasteiger charge is -2.17. The molecule has 0 bridgehead atoms. The Morgan fingerprint density at radius 3 is 2.88 bits per heavy atom. The Labute approximate surface area is 137 Å². The number of aryl methyl sites for hydroxylation is 1. The zero-order chi connectivity index (χ0) is 17.3. The van der Waals surface area contributed by atoms with Crippen LogP contribution in [0.25, 0.3) is 0 Å². The van der Waals surface area contributed by atoms with E-state index < -0.39 is 32.7 Å². The van der Waals surface area contributed by atoms with Gasteiger partial charge in [0, 0.05) is 19.1 Å². The van der Waals surface area contributed by atoms with Crippen molar-refractivity contribution in [1.82, 2.24) is 19.9 Å². The van der Waals surface area contributed by atoms with E-state index in [4.69, 9.17) is 4.74 Å².